The Morgan fingerprint density at radius 3 is 2.67 bits per heavy atom. The van der Waals surface area contributed by atoms with Gasteiger partial charge in [-0.3, -0.25) is 0 Å². The fraction of sp³-hybridized carbons (Fsp3) is 0.455. The number of hydrogen-bond acceptors (Lipinski definition) is 1. The molecule has 15 heavy (non-hydrogen) atoms. The molecule has 0 amide bonds. The topological polar surface area (TPSA) is 12.0 Å². The molecule has 4 heteroatoms. The average Bonchev–Trinajstić information content (AvgIpc) is 2.18. The molecule has 0 aliphatic heterocycles. The minimum Gasteiger partial charge on any atom is -0.306 e. The first-order chi connectivity index (χ1) is 6.97. The molecule has 0 aliphatic carbocycles. The second-order valence-electron chi connectivity index (χ2n) is 4.07. The Labute approximate surface area is 107 Å². The van der Waals surface area contributed by atoms with Gasteiger partial charge in [0.2, 0.25) is 0 Å². The van der Waals surface area contributed by atoms with E-state index in [0.717, 1.165) is 16.6 Å². The lowest BCUT2D eigenvalue weighted by atomic mass is 9.84. The third-order valence-corrected chi connectivity index (χ3v) is 3.21. The van der Waals surface area contributed by atoms with Crippen molar-refractivity contribution in [3.63, 3.8) is 0 Å². The SMILES string of the molecule is CC(C)(CNCBr)c1cc(Br)ccc1F. The van der Waals surface area contributed by atoms with Crippen LogP contribution in [0.4, 0.5) is 4.39 Å². The molecule has 0 atom stereocenters. The molecule has 1 rings (SSSR count). The molecule has 0 fully saturated rings. The zero-order valence-corrected chi connectivity index (χ0v) is 12.0. The lowest BCUT2D eigenvalue weighted by molar-refractivity contribution is 0.460. The van der Waals surface area contributed by atoms with Crippen LogP contribution in [0.15, 0.2) is 22.7 Å². The van der Waals surface area contributed by atoms with Gasteiger partial charge in [0.1, 0.15) is 5.82 Å². The Kier molecular flexibility index (Phi) is 4.74. The molecular weight excluding hydrogens is 325 g/mol. The number of rotatable bonds is 4. The maximum absolute atomic E-state index is 13.6. The summed E-state index contributed by atoms with van der Waals surface area (Å²) in [6.07, 6.45) is 0. The van der Waals surface area contributed by atoms with Crippen molar-refractivity contribution in [1.82, 2.24) is 5.32 Å². The van der Waals surface area contributed by atoms with Gasteiger partial charge in [0.15, 0.2) is 0 Å². The molecule has 0 saturated heterocycles. The smallest absolute Gasteiger partial charge is 0.127 e. The Morgan fingerprint density at radius 1 is 1.40 bits per heavy atom. The summed E-state index contributed by atoms with van der Waals surface area (Å²) in [5.74, 6) is -0.153. The number of benzene rings is 1. The van der Waals surface area contributed by atoms with Crippen molar-refractivity contribution >= 4 is 31.9 Å². The second-order valence-corrected chi connectivity index (χ2v) is 5.54. The van der Waals surface area contributed by atoms with E-state index >= 15 is 0 Å². The summed E-state index contributed by atoms with van der Waals surface area (Å²) in [6.45, 7) is 4.77. The molecule has 1 aromatic carbocycles. The zero-order valence-electron chi connectivity index (χ0n) is 8.78. The standard InChI is InChI=1S/C11H14Br2FN/c1-11(2,6-15-7-12)9-5-8(13)3-4-10(9)14/h3-5,15H,6-7H2,1-2H3. The van der Waals surface area contributed by atoms with Crippen LogP contribution in [0.25, 0.3) is 0 Å². The van der Waals surface area contributed by atoms with E-state index < -0.39 is 0 Å². The first kappa shape index (κ1) is 13.1. The van der Waals surface area contributed by atoms with Crippen LogP contribution < -0.4 is 5.32 Å². The molecule has 0 aromatic heterocycles. The third-order valence-electron chi connectivity index (χ3n) is 2.32. The first-order valence-corrected chi connectivity index (χ1v) is 6.61. The van der Waals surface area contributed by atoms with Crippen LogP contribution in [0.1, 0.15) is 19.4 Å². The van der Waals surface area contributed by atoms with Crippen LogP contribution in [-0.4, -0.2) is 12.0 Å². The summed E-state index contributed by atoms with van der Waals surface area (Å²) >= 11 is 6.65. The average molecular weight is 339 g/mol. The molecule has 1 nitrogen and oxygen atoms in total. The summed E-state index contributed by atoms with van der Waals surface area (Å²) in [6, 6.07) is 5.05. The van der Waals surface area contributed by atoms with Crippen molar-refractivity contribution in [3.8, 4) is 0 Å². The summed E-state index contributed by atoms with van der Waals surface area (Å²) in [4.78, 5) is 0. The van der Waals surface area contributed by atoms with E-state index in [1.54, 1.807) is 6.07 Å². The van der Waals surface area contributed by atoms with E-state index in [0.29, 0.717) is 5.45 Å². The highest BCUT2D eigenvalue weighted by Gasteiger charge is 2.23. The van der Waals surface area contributed by atoms with Crippen LogP contribution >= 0.6 is 31.9 Å². The lowest BCUT2D eigenvalue weighted by Crippen LogP contribution is -2.33. The molecule has 84 valence electrons. The summed E-state index contributed by atoms with van der Waals surface area (Å²) < 4.78 is 14.5. The molecule has 0 bridgehead atoms. The maximum atomic E-state index is 13.6. The highest BCUT2D eigenvalue weighted by atomic mass is 79.9. The molecule has 0 radical (unpaired) electrons. The predicted molar refractivity (Wildman–Crippen MR) is 68.9 cm³/mol. The summed E-state index contributed by atoms with van der Waals surface area (Å²) in [5, 5.41) is 3.17. The fourth-order valence-electron chi connectivity index (χ4n) is 1.47. The van der Waals surface area contributed by atoms with Crippen molar-refractivity contribution in [2.75, 3.05) is 12.0 Å². The number of hydrogen-bond donors (Lipinski definition) is 1. The van der Waals surface area contributed by atoms with E-state index in [4.69, 9.17) is 0 Å². The minimum atomic E-state index is -0.221. The van der Waals surface area contributed by atoms with Gasteiger partial charge < -0.3 is 5.32 Å². The van der Waals surface area contributed by atoms with E-state index in [-0.39, 0.29) is 11.2 Å². The molecule has 1 N–H and O–H groups in total. The molecule has 0 spiro atoms. The number of alkyl halides is 1. The van der Waals surface area contributed by atoms with Crippen molar-refractivity contribution in [1.29, 1.82) is 0 Å². The highest BCUT2D eigenvalue weighted by molar-refractivity contribution is 9.10. The van der Waals surface area contributed by atoms with Gasteiger partial charge in [-0.05, 0) is 23.8 Å². The van der Waals surface area contributed by atoms with Crippen LogP contribution in [0.5, 0.6) is 0 Å². The first-order valence-electron chi connectivity index (χ1n) is 4.69. The molecule has 0 heterocycles. The molecule has 0 unspecified atom stereocenters. The number of nitrogens with one attached hydrogen (secondary N) is 1. The largest absolute Gasteiger partial charge is 0.306 e. The lowest BCUT2D eigenvalue weighted by Gasteiger charge is -2.26. The predicted octanol–water partition coefficient (Wildman–Crippen LogP) is 3.81. The van der Waals surface area contributed by atoms with Gasteiger partial charge >= 0.3 is 0 Å². The van der Waals surface area contributed by atoms with Crippen molar-refractivity contribution < 1.29 is 4.39 Å². The Morgan fingerprint density at radius 2 is 2.07 bits per heavy atom. The van der Waals surface area contributed by atoms with E-state index in [2.05, 4.69) is 37.2 Å². The van der Waals surface area contributed by atoms with Gasteiger partial charge in [-0.2, -0.15) is 0 Å². The Hall–Kier alpha value is 0.0700. The van der Waals surface area contributed by atoms with Gasteiger partial charge in [-0.1, -0.05) is 45.7 Å². The second kappa shape index (κ2) is 5.41. The van der Waals surface area contributed by atoms with Gasteiger partial charge in [0.05, 0.1) is 5.45 Å². The van der Waals surface area contributed by atoms with Gasteiger partial charge in [-0.25, -0.2) is 4.39 Å². The normalized spacial score (nSPS) is 11.8. The fourth-order valence-corrected chi connectivity index (χ4v) is 2.03. The number of halogens is 3. The quantitative estimate of drug-likeness (QED) is 0.650. The Bertz CT molecular complexity index is 339. The van der Waals surface area contributed by atoms with Gasteiger partial charge in [0.25, 0.3) is 0 Å². The molecular formula is C11H14Br2FN. The highest BCUT2D eigenvalue weighted by Crippen LogP contribution is 2.27. The van der Waals surface area contributed by atoms with Crippen LogP contribution in [0.3, 0.4) is 0 Å². The molecule has 1 aromatic rings. The van der Waals surface area contributed by atoms with Crippen LogP contribution in [-0.2, 0) is 5.41 Å². The molecule has 0 aliphatic rings. The minimum absolute atomic E-state index is 0.153. The monoisotopic (exact) mass is 337 g/mol. The zero-order chi connectivity index (χ0) is 11.5. The van der Waals surface area contributed by atoms with Crippen molar-refractivity contribution in [3.05, 3.63) is 34.1 Å². The summed E-state index contributed by atoms with van der Waals surface area (Å²) in [7, 11) is 0. The van der Waals surface area contributed by atoms with Gasteiger partial charge in [-0.15, -0.1) is 0 Å². The van der Waals surface area contributed by atoms with E-state index in [1.807, 2.05) is 19.9 Å². The Balaban J connectivity index is 2.97. The third kappa shape index (κ3) is 3.54. The maximum Gasteiger partial charge on any atom is 0.127 e. The van der Waals surface area contributed by atoms with Gasteiger partial charge in [0, 0.05) is 16.4 Å². The van der Waals surface area contributed by atoms with Crippen LogP contribution in [0.2, 0.25) is 0 Å². The summed E-state index contributed by atoms with van der Waals surface area (Å²) in [5.41, 5.74) is 1.22. The van der Waals surface area contributed by atoms with Crippen LogP contribution in [0, 0.1) is 5.82 Å². The molecule has 0 saturated carbocycles. The van der Waals surface area contributed by atoms with Crippen molar-refractivity contribution in [2.45, 2.75) is 19.3 Å². The van der Waals surface area contributed by atoms with Crippen molar-refractivity contribution in [2.24, 2.45) is 0 Å². The van der Waals surface area contributed by atoms with E-state index in [1.165, 1.54) is 6.07 Å². The van der Waals surface area contributed by atoms with E-state index in [9.17, 15) is 4.39 Å².